The van der Waals surface area contributed by atoms with Crippen molar-refractivity contribution >= 4 is 50.0 Å². The third-order valence-electron chi connectivity index (χ3n) is 11.0. The van der Waals surface area contributed by atoms with Gasteiger partial charge in [0.25, 0.3) is 0 Å². The van der Waals surface area contributed by atoms with E-state index in [1.807, 2.05) is 24.4 Å². The zero-order valence-electron chi connectivity index (χ0n) is 31.5. The van der Waals surface area contributed by atoms with Gasteiger partial charge in [0.1, 0.15) is 17.4 Å². The molecule has 0 aromatic heterocycles. The molecule has 3 aromatic rings. The van der Waals surface area contributed by atoms with E-state index >= 15 is 4.39 Å². The molecule has 5 nitrogen and oxygen atoms in total. The molecule has 4 rings (SSSR count). The summed E-state index contributed by atoms with van der Waals surface area (Å²) in [5.41, 5.74) is 2.77. The highest BCUT2D eigenvalue weighted by atomic mass is 35.5. The fraction of sp³-hybridized carbons (Fsp3) is 0.488. The van der Waals surface area contributed by atoms with E-state index in [4.69, 9.17) is 32.9 Å². The van der Waals surface area contributed by atoms with E-state index in [0.717, 1.165) is 53.5 Å². The fourth-order valence-electron chi connectivity index (χ4n) is 7.17. The lowest BCUT2D eigenvalue weighted by molar-refractivity contribution is 0.301. The second-order valence-electron chi connectivity index (χ2n) is 14.4. The molecule has 0 radical (unpaired) electrons. The maximum atomic E-state index is 15.7. The number of thioether (sulfide) groups is 1. The van der Waals surface area contributed by atoms with Gasteiger partial charge >= 0.3 is 0 Å². The topological polar surface area (TPSA) is 59.0 Å². The van der Waals surface area contributed by atoms with Crippen LogP contribution in [0.1, 0.15) is 96.3 Å². The summed E-state index contributed by atoms with van der Waals surface area (Å²) in [5.74, 6) is 0.791. The second kappa shape index (κ2) is 18.3. The molecule has 11 heteroatoms. The van der Waals surface area contributed by atoms with Gasteiger partial charge in [-0.15, -0.1) is 11.8 Å². The number of aliphatic imine (C=N–C) groups is 1. The minimum Gasteiger partial charge on any atom is -0.495 e. The van der Waals surface area contributed by atoms with Crippen LogP contribution in [0, 0.1) is 29.4 Å². The van der Waals surface area contributed by atoms with Gasteiger partial charge in [0.2, 0.25) is 10.0 Å². The Kier molecular flexibility index (Phi) is 14.9. The second-order valence-corrected chi connectivity index (χ2v) is 18.3. The van der Waals surface area contributed by atoms with Crippen molar-refractivity contribution < 1.29 is 21.9 Å². The lowest BCUT2D eigenvalue weighted by Crippen LogP contribution is -2.28. The van der Waals surface area contributed by atoms with Crippen LogP contribution >= 0.6 is 35.0 Å². The van der Waals surface area contributed by atoms with Crippen LogP contribution in [0.4, 0.5) is 8.78 Å². The van der Waals surface area contributed by atoms with E-state index in [0.29, 0.717) is 35.6 Å². The maximum Gasteiger partial charge on any atom is 0.242 e. The molecule has 1 aliphatic rings. The molecule has 0 fully saturated rings. The monoisotopic (exact) mass is 792 g/mol. The zero-order valence-corrected chi connectivity index (χ0v) is 34.6. The molecule has 1 aliphatic heterocycles. The number of methoxy groups -OCH3 is 1. The number of hydrogen-bond acceptors (Lipinski definition) is 5. The number of allylic oxidation sites excluding steroid dienone is 1. The van der Waals surface area contributed by atoms with E-state index < -0.39 is 21.3 Å². The van der Waals surface area contributed by atoms with Gasteiger partial charge in [-0.25, -0.2) is 21.5 Å². The van der Waals surface area contributed by atoms with E-state index in [1.165, 1.54) is 41.3 Å². The van der Waals surface area contributed by atoms with Crippen LogP contribution in [0.5, 0.6) is 5.75 Å². The lowest BCUT2D eigenvalue weighted by Gasteiger charge is -2.35. The Bertz CT molecular complexity index is 1840. The highest BCUT2D eigenvalue weighted by Gasteiger charge is 2.36. The van der Waals surface area contributed by atoms with Crippen molar-refractivity contribution in [2.75, 3.05) is 20.7 Å². The zero-order chi connectivity index (χ0) is 38.4. The molecule has 4 atom stereocenters. The van der Waals surface area contributed by atoms with Crippen LogP contribution in [0.25, 0.3) is 0 Å². The molecule has 284 valence electrons. The van der Waals surface area contributed by atoms with E-state index in [9.17, 15) is 12.8 Å². The first-order chi connectivity index (χ1) is 24.5. The summed E-state index contributed by atoms with van der Waals surface area (Å²) in [6.45, 7) is 13.3. The average molecular weight is 794 g/mol. The van der Waals surface area contributed by atoms with Crippen LogP contribution in [-0.4, -0.2) is 38.5 Å². The summed E-state index contributed by atoms with van der Waals surface area (Å²) in [5, 5.41) is 1.33. The average Bonchev–Trinajstić information content (AvgIpc) is 3.28. The van der Waals surface area contributed by atoms with Crippen LogP contribution < -0.4 is 4.74 Å². The molecule has 1 heterocycles. The van der Waals surface area contributed by atoms with Crippen molar-refractivity contribution in [2.24, 2.45) is 22.7 Å². The molecule has 0 bridgehead atoms. The molecular weight excluding hydrogens is 741 g/mol. The molecule has 52 heavy (non-hydrogen) atoms. The third-order valence-corrected chi connectivity index (χ3v) is 14.5. The predicted molar refractivity (Wildman–Crippen MR) is 214 cm³/mol. The van der Waals surface area contributed by atoms with Crippen LogP contribution in [0.15, 0.2) is 76.3 Å². The number of rotatable bonds is 15. The number of hydrogen-bond donors (Lipinski definition) is 0. The molecule has 0 amide bonds. The number of nitrogens with zero attached hydrogens (tertiary/aromatic N) is 2. The number of halogens is 4. The fourth-order valence-corrected chi connectivity index (χ4v) is 10.1. The van der Waals surface area contributed by atoms with Gasteiger partial charge in [0.05, 0.1) is 22.1 Å². The van der Waals surface area contributed by atoms with Gasteiger partial charge in [0.15, 0.2) is 0 Å². The summed E-state index contributed by atoms with van der Waals surface area (Å²) in [6.07, 6.45) is 6.23. The quantitative estimate of drug-likeness (QED) is 0.154. The van der Waals surface area contributed by atoms with Crippen molar-refractivity contribution in [3.8, 4) is 5.75 Å². The van der Waals surface area contributed by atoms with Crippen molar-refractivity contribution in [1.29, 1.82) is 0 Å². The summed E-state index contributed by atoms with van der Waals surface area (Å²) in [4.78, 5) is 4.77. The van der Waals surface area contributed by atoms with E-state index in [-0.39, 0.29) is 38.9 Å². The smallest absolute Gasteiger partial charge is 0.242 e. The first kappa shape index (κ1) is 42.3. The van der Waals surface area contributed by atoms with Crippen LogP contribution in [0.3, 0.4) is 0 Å². The van der Waals surface area contributed by atoms with Crippen molar-refractivity contribution in [2.45, 2.75) is 95.6 Å². The van der Waals surface area contributed by atoms with Crippen molar-refractivity contribution in [3.05, 3.63) is 105 Å². The largest absolute Gasteiger partial charge is 0.495 e. The Hall–Kier alpha value is -2.43. The Morgan fingerprint density at radius 1 is 1.04 bits per heavy atom. The summed E-state index contributed by atoms with van der Waals surface area (Å²) < 4.78 is 63.4. The molecule has 0 saturated carbocycles. The van der Waals surface area contributed by atoms with Gasteiger partial charge in [-0.05, 0) is 89.6 Å². The third kappa shape index (κ3) is 9.81. The molecular formula is C41H52Cl2F2N2O3S2. The Balaban J connectivity index is 1.59. The molecule has 0 N–H and O–H groups in total. The van der Waals surface area contributed by atoms with Gasteiger partial charge in [0, 0.05) is 48.0 Å². The van der Waals surface area contributed by atoms with E-state index in [1.54, 1.807) is 19.2 Å². The van der Waals surface area contributed by atoms with Gasteiger partial charge in [-0.1, -0.05) is 95.8 Å². The number of ether oxygens (including phenoxy) is 1. The Labute approximate surface area is 324 Å². The molecule has 4 unspecified atom stereocenters. The van der Waals surface area contributed by atoms with Crippen molar-refractivity contribution in [1.82, 2.24) is 4.31 Å². The van der Waals surface area contributed by atoms with Crippen molar-refractivity contribution in [3.63, 3.8) is 0 Å². The standard InChI is InChI=1S/C41H52Cl2F2N2O3S2/c1-9-26(3)28(10-2)12-11-19-47(7)52(48,49)32-21-37(43)34(38(45)22-32)25-51-40-23-33(29-13-16-31(44)17-14-29)27(4)35(24-46-40)41(5,6)30-15-18-36(42)39(20-30)50-8/h13-18,20-22,24,26-28,33H,9-12,19,23,25H2,1-8H3. The lowest BCUT2D eigenvalue weighted by atomic mass is 9.68. The number of benzene rings is 3. The highest BCUT2D eigenvalue weighted by Crippen LogP contribution is 2.46. The summed E-state index contributed by atoms with van der Waals surface area (Å²) in [6, 6.07) is 14.7. The SMILES string of the molecule is CCC(C)C(CC)CCCN(C)S(=O)(=O)c1cc(F)c(CSC2=NC=C(C(C)(C)c3ccc(Cl)c(OC)c3)C(C)C(c3ccc(F)cc3)C2)c(Cl)c1. The summed E-state index contributed by atoms with van der Waals surface area (Å²) in [7, 11) is -0.823. The number of sulfonamides is 1. The molecule has 0 spiro atoms. The minimum atomic E-state index is -3.94. The highest BCUT2D eigenvalue weighted by molar-refractivity contribution is 8.13. The Morgan fingerprint density at radius 3 is 2.35 bits per heavy atom. The first-order valence-corrected chi connectivity index (χ1v) is 21.2. The summed E-state index contributed by atoms with van der Waals surface area (Å²) >= 11 is 14.3. The van der Waals surface area contributed by atoms with Gasteiger partial charge in [-0.3, -0.25) is 4.99 Å². The molecule has 0 aliphatic carbocycles. The van der Waals surface area contributed by atoms with E-state index in [2.05, 4.69) is 41.5 Å². The van der Waals surface area contributed by atoms with Crippen LogP contribution in [-0.2, 0) is 21.2 Å². The van der Waals surface area contributed by atoms with Gasteiger partial charge < -0.3 is 4.74 Å². The normalized spacial score (nSPS) is 18.1. The molecule has 0 saturated heterocycles. The first-order valence-electron chi connectivity index (χ1n) is 18.0. The maximum absolute atomic E-state index is 15.7. The van der Waals surface area contributed by atoms with Crippen LogP contribution in [0.2, 0.25) is 10.0 Å². The minimum absolute atomic E-state index is 0.00584. The molecule has 3 aromatic carbocycles. The predicted octanol–water partition coefficient (Wildman–Crippen LogP) is 12.1. The van der Waals surface area contributed by atoms with Gasteiger partial charge in [-0.2, -0.15) is 0 Å². The Morgan fingerprint density at radius 2 is 1.73 bits per heavy atom.